The van der Waals surface area contributed by atoms with Gasteiger partial charge in [-0.15, -0.1) is 0 Å². The van der Waals surface area contributed by atoms with Crippen molar-refractivity contribution in [1.82, 2.24) is 14.8 Å². The van der Waals surface area contributed by atoms with Gasteiger partial charge in [-0.1, -0.05) is 39.7 Å². The first-order chi connectivity index (χ1) is 14.6. The lowest BCUT2D eigenvalue weighted by Gasteiger charge is -2.33. The molecule has 0 fully saturated rings. The number of anilines is 1. The van der Waals surface area contributed by atoms with Crippen LogP contribution in [0, 0.1) is 0 Å². The summed E-state index contributed by atoms with van der Waals surface area (Å²) in [5.41, 5.74) is 3.55. The largest absolute Gasteiger partial charge is 0.489 e. The zero-order valence-electron chi connectivity index (χ0n) is 15.9. The molecular weight excluding hydrogens is 468 g/mol. The van der Waals surface area contributed by atoms with Crippen molar-refractivity contribution in [1.29, 1.82) is 0 Å². The summed E-state index contributed by atoms with van der Waals surface area (Å²) < 4.78 is 8.87. The van der Waals surface area contributed by atoms with Crippen molar-refractivity contribution in [3.05, 3.63) is 80.7 Å². The molecule has 6 nitrogen and oxygen atoms in total. The number of carbonyl (C=O) groups excluding carboxylic acids is 1. The Labute approximate surface area is 187 Å². The second-order valence-electron chi connectivity index (χ2n) is 7.32. The van der Waals surface area contributed by atoms with E-state index in [9.17, 15) is 4.79 Å². The first kappa shape index (κ1) is 19.3. The number of fused-ring (bicyclic) bond motifs is 1. The molecular formula is C22H18BrClN4O2. The van der Waals surface area contributed by atoms with E-state index < -0.39 is 0 Å². The van der Waals surface area contributed by atoms with Crippen molar-refractivity contribution in [3.8, 4) is 5.75 Å². The van der Waals surface area contributed by atoms with E-state index in [4.69, 9.17) is 16.3 Å². The fourth-order valence-electron chi connectivity index (χ4n) is 3.99. The number of ketones is 1. The summed E-state index contributed by atoms with van der Waals surface area (Å²) in [4.78, 5) is 17.3. The maximum atomic E-state index is 12.9. The highest BCUT2D eigenvalue weighted by molar-refractivity contribution is 9.10. The monoisotopic (exact) mass is 484 g/mol. The van der Waals surface area contributed by atoms with E-state index >= 15 is 0 Å². The molecule has 1 unspecified atom stereocenters. The molecule has 1 aliphatic heterocycles. The highest BCUT2D eigenvalue weighted by Gasteiger charge is 2.37. The molecule has 0 bridgehead atoms. The Balaban J connectivity index is 1.57. The third kappa shape index (κ3) is 3.52. The van der Waals surface area contributed by atoms with Gasteiger partial charge in [0.1, 0.15) is 24.7 Å². The molecule has 1 atom stereocenters. The van der Waals surface area contributed by atoms with Crippen LogP contribution < -0.4 is 10.1 Å². The molecule has 3 aromatic rings. The van der Waals surface area contributed by atoms with Crippen LogP contribution in [-0.4, -0.2) is 20.5 Å². The maximum Gasteiger partial charge on any atom is 0.226 e. The maximum absolute atomic E-state index is 12.9. The number of rotatable bonds is 4. The van der Waals surface area contributed by atoms with Gasteiger partial charge in [0.15, 0.2) is 5.78 Å². The third-order valence-electron chi connectivity index (χ3n) is 5.38. The van der Waals surface area contributed by atoms with Gasteiger partial charge in [0, 0.05) is 32.7 Å². The number of aromatic nitrogens is 3. The Morgan fingerprint density at radius 1 is 1.20 bits per heavy atom. The van der Waals surface area contributed by atoms with Crippen LogP contribution in [0.15, 0.2) is 64.5 Å². The van der Waals surface area contributed by atoms with Gasteiger partial charge in [0.2, 0.25) is 5.95 Å². The molecule has 0 spiro atoms. The minimum Gasteiger partial charge on any atom is -0.489 e. The summed E-state index contributed by atoms with van der Waals surface area (Å²) in [6.07, 6.45) is 3.70. The van der Waals surface area contributed by atoms with Crippen LogP contribution in [0.4, 0.5) is 5.95 Å². The number of halogens is 2. The number of allylic oxidation sites excluding steroid dienone is 2. The average Bonchev–Trinajstić information content (AvgIpc) is 3.21. The quantitative estimate of drug-likeness (QED) is 0.543. The lowest BCUT2D eigenvalue weighted by Crippen LogP contribution is -2.31. The smallest absolute Gasteiger partial charge is 0.226 e. The van der Waals surface area contributed by atoms with Crippen molar-refractivity contribution in [2.45, 2.75) is 31.9 Å². The number of ether oxygens (including phenoxy) is 1. The van der Waals surface area contributed by atoms with Crippen LogP contribution in [0.2, 0.25) is 5.02 Å². The predicted octanol–water partition coefficient (Wildman–Crippen LogP) is 5.30. The van der Waals surface area contributed by atoms with Crippen LogP contribution in [0.25, 0.3) is 0 Å². The standard InChI is InChI=1S/C22H18BrClN4O2/c23-14-6-9-19(30-11-13-4-7-15(24)8-5-13)16(10-14)21-20-17(2-1-3-18(20)29)27-22-25-12-26-28(21)22/h4-10,12,21H,1-3,11H2,(H,25,26,27). The van der Waals surface area contributed by atoms with Crippen molar-refractivity contribution in [3.63, 3.8) is 0 Å². The van der Waals surface area contributed by atoms with Crippen LogP contribution >= 0.6 is 27.5 Å². The Morgan fingerprint density at radius 2 is 2.03 bits per heavy atom. The normalized spacial score (nSPS) is 17.9. The number of carbonyl (C=O) groups is 1. The number of benzene rings is 2. The van der Waals surface area contributed by atoms with Gasteiger partial charge in [-0.25, -0.2) is 4.68 Å². The molecule has 0 saturated heterocycles. The summed E-state index contributed by atoms with van der Waals surface area (Å²) in [6.45, 7) is 0.390. The molecule has 0 amide bonds. The molecule has 2 heterocycles. The second-order valence-corrected chi connectivity index (χ2v) is 8.67. The molecule has 0 saturated carbocycles. The average molecular weight is 486 g/mol. The van der Waals surface area contributed by atoms with Gasteiger partial charge in [0.05, 0.1) is 0 Å². The molecule has 30 heavy (non-hydrogen) atoms. The highest BCUT2D eigenvalue weighted by atomic mass is 79.9. The van der Waals surface area contributed by atoms with Crippen molar-refractivity contribution in [2.24, 2.45) is 0 Å². The van der Waals surface area contributed by atoms with E-state index in [0.29, 0.717) is 29.7 Å². The Morgan fingerprint density at radius 3 is 2.87 bits per heavy atom. The van der Waals surface area contributed by atoms with Crippen LogP contribution in [0.3, 0.4) is 0 Å². The lowest BCUT2D eigenvalue weighted by atomic mass is 9.85. The van der Waals surface area contributed by atoms with Gasteiger partial charge >= 0.3 is 0 Å². The van der Waals surface area contributed by atoms with Crippen LogP contribution in [0.1, 0.15) is 36.4 Å². The molecule has 1 N–H and O–H groups in total. The van der Waals surface area contributed by atoms with E-state index in [2.05, 4.69) is 31.3 Å². The Hall–Kier alpha value is -2.64. The van der Waals surface area contributed by atoms with Gasteiger partial charge < -0.3 is 10.1 Å². The summed E-state index contributed by atoms with van der Waals surface area (Å²) in [6, 6.07) is 13.0. The van der Waals surface area contributed by atoms with Crippen molar-refractivity contribution >= 4 is 39.3 Å². The predicted molar refractivity (Wildman–Crippen MR) is 118 cm³/mol. The second kappa shape index (κ2) is 7.89. The van der Waals surface area contributed by atoms with E-state index in [0.717, 1.165) is 39.7 Å². The van der Waals surface area contributed by atoms with Gasteiger partial charge in [0.25, 0.3) is 0 Å². The SMILES string of the molecule is O=C1CCCC2=C1C(c1cc(Br)ccc1OCc1ccc(Cl)cc1)n1ncnc1N2. The minimum atomic E-state index is -0.385. The highest BCUT2D eigenvalue weighted by Crippen LogP contribution is 2.43. The van der Waals surface area contributed by atoms with E-state index in [1.807, 2.05) is 42.5 Å². The van der Waals surface area contributed by atoms with Gasteiger partial charge in [-0.2, -0.15) is 10.1 Å². The Kier molecular flexibility index (Phi) is 5.08. The molecule has 8 heteroatoms. The lowest BCUT2D eigenvalue weighted by molar-refractivity contribution is -0.116. The molecule has 2 aliphatic rings. The van der Waals surface area contributed by atoms with Crippen molar-refractivity contribution in [2.75, 3.05) is 5.32 Å². The number of nitrogens with one attached hydrogen (secondary N) is 1. The summed E-state index contributed by atoms with van der Waals surface area (Å²) >= 11 is 9.55. The molecule has 1 aromatic heterocycles. The fraction of sp³-hybridized carbons (Fsp3) is 0.227. The molecule has 0 radical (unpaired) electrons. The van der Waals surface area contributed by atoms with Crippen LogP contribution in [-0.2, 0) is 11.4 Å². The van der Waals surface area contributed by atoms with E-state index in [1.54, 1.807) is 4.68 Å². The number of hydrogen-bond acceptors (Lipinski definition) is 5. The summed E-state index contributed by atoms with van der Waals surface area (Å²) in [7, 11) is 0. The van der Waals surface area contributed by atoms with Gasteiger partial charge in [-0.3, -0.25) is 4.79 Å². The Bertz CT molecular complexity index is 1160. The summed E-state index contributed by atoms with van der Waals surface area (Å²) in [5.74, 6) is 1.47. The molecule has 5 rings (SSSR count). The number of hydrogen-bond donors (Lipinski definition) is 1. The molecule has 1 aliphatic carbocycles. The minimum absolute atomic E-state index is 0.138. The topological polar surface area (TPSA) is 69.0 Å². The zero-order chi connectivity index (χ0) is 20.7. The van der Waals surface area contributed by atoms with E-state index in [-0.39, 0.29) is 11.8 Å². The zero-order valence-corrected chi connectivity index (χ0v) is 18.3. The third-order valence-corrected chi connectivity index (χ3v) is 6.13. The molecule has 152 valence electrons. The fourth-order valence-corrected chi connectivity index (χ4v) is 4.49. The first-order valence-corrected chi connectivity index (χ1v) is 10.9. The van der Waals surface area contributed by atoms with Crippen molar-refractivity contribution < 1.29 is 9.53 Å². The first-order valence-electron chi connectivity index (χ1n) is 9.69. The van der Waals surface area contributed by atoms with E-state index in [1.165, 1.54) is 6.33 Å². The van der Waals surface area contributed by atoms with Gasteiger partial charge in [-0.05, 0) is 48.7 Å². The van der Waals surface area contributed by atoms with Crippen LogP contribution in [0.5, 0.6) is 5.75 Å². The number of nitrogens with zero attached hydrogens (tertiary/aromatic N) is 3. The number of Topliss-reactive ketones (excluding diaryl/α,β-unsaturated/α-hetero) is 1. The molecule has 2 aromatic carbocycles. The summed E-state index contributed by atoms with van der Waals surface area (Å²) in [5, 5.41) is 8.39.